The van der Waals surface area contributed by atoms with Crippen molar-refractivity contribution in [2.75, 3.05) is 5.32 Å². The van der Waals surface area contributed by atoms with Gasteiger partial charge in [-0.05, 0) is 32.0 Å². The summed E-state index contributed by atoms with van der Waals surface area (Å²) in [5.41, 5.74) is -0.110. The molecule has 0 aliphatic heterocycles. The van der Waals surface area contributed by atoms with Crippen LogP contribution in [0.15, 0.2) is 71.5 Å². The first-order valence-corrected chi connectivity index (χ1v) is 11.1. The molecule has 1 amide bonds. The highest BCUT2D eigenvalue weighted by Crippen LogP contribution is 2.38. The highest BCUT2D eigenvalue weighted by atomic mass is 32.1. The number of rotatable bonds is 5. The molecule has 34 heavy (non-hydrogen) atoms. The van der Waals surface area contributed by atoms with E-state index in [4.69, 9.17) is 0 Å². The average molecular weight is 485 g/mol. The van der Waals surface area contributed by atoms with Gasteiger partial charge in [-0.15, -0.1) is 0 Å². The molecular formula is C24H19F3N4O2S. The molecule has 174 valence electrons. The summed E-state index contributed by atoms with van der Waals surface area (Å²) in [6.07, 6.45) is -4.67. The first kappa shape index (κ1) is 23.4. The van der Waals surface area contributed by atoms with Crippen molar-refractivity contribution in [1.82, 2.24) is 14.8 Å². The fourth-order valence-corrected chi connectivity index (χ4v) is 4.30. The van der Waals surface area contributed by atoms with Gasteiger partial charge in [0.15, 0.2) is 5.13 Å². The van der Waals surface area contributed by atoms with Crippen molar-refractivity contribution in [2.24, 2.45) is 0 Å². The Morgan fingerprint density at radius 2 is 1.68 bits per heavy atom. The number of nitrogens with one attached hydrogen (secondary N) is 1. The molecule has 2 aromatic heterocycles. The van der Waals surface area contributed by atoms with Crippen LogP contribution in [0.4, 0.5) is 18.3 Å². The third-order valence-corrected chi connectivity index (χ3v) is 5.91. The van der Waals surface area contributed by atoms with E-state index in [0.717, 1.165) is 29.0 Å². The van der Waals surface area contributed by atoms with Crippen LogP contribution in [-0.2, 0) is 6.18 Å². The summed E-state index contributed by atoms with van der Waals surface area (Å²) in [6, 6.07) is 16.5. The molecule has 0 saturated heterocycles. The maximum Gasteiger partial charge on any atom is 0.417 e. The van der Waals surface area contributed by atoms with Gasteiger partial charge < -0.3 is 0 Å². The molecule has 0 unspecified atom stereocenters. The number of aromatic nitrogens is 3. The quantitative estimate of drug-likeness (QED) is 0.384. The van der Waals surface area contributed by atoms with E-state index in [1.165, 1.54) is 22.9 Å². The molecular weight excluding hydrogens is 465 g/mol. The predicted octanol–water partition coefficient (Wildman–Crippen LogP) is 5.89. The number of nitrogens with zero attached hydrogens (tertiary/aromatic N) is 3. The smallest absolute Gasteiger partial charge is 0.298 e. The maximum atomic E-state index is 13.4. The summed E-state index contributed by atoms with van der Waals surface area (Å²) in [6.45, 7) is 3.65. The van der Waals surface area contributed by atoms with Gasteiger partial charge in [0.05, 0.1) is 27.7 Å². The van der Waals surface area contributed by atoms with E-state index < -0.39 is 23.2 Å². The molecule has 2 heterocycles. The number of alkyl halides is 3. The number of amides is 1. The van der Waals surface area contributed by atoms with E-state index in [1.54, 1.807) is 6.07 Å². The van der Waals surface area contributed by atoms with Gasteiger partial charge in [0.2, 0.25) is 0 Å². The van der Waals surface area contributed by atoms with Crippen LogP contribution in [0.3, 0.4) is 0 Å². The van der Waals surface area contributed by atoms with E-state index in [9.17, 15) is 22.8 Å². The topological polar surface area (TPSA) is 76.9 Å². The van der Waals surface area contributed by atoms with E-state index in [1.807, 2.05) is 44.2 Å². The minimum atomic E-state index is -4.67. The van der Waals surface area contributed by atoms with Crippen LogP contribution in [0, 0.1) is 0 Å². The fourth-order valence-electron chi connectivity index (χ4n) is 3.35. The second-order valence-electron chi connectivity index (χ2n) is 7.66. The van der Waals surface area contributed by atoms with Gasteiger partial charge in [-0.1, -0.05) is 53.8 Å². The number of carbonyl (C=O) groups excluding carboxylic acids is 1. The van der Waals surface area contributed by atoms with Gasteiger partial charge in [0.1, 0.15) is 5.69 Å². The lowest BCUT2D eigenvalue weighted by Crippen LogP contribution is -2.23. The molecule has 0 spiro atoms. The van der Waals surface area contributed by atoms with E-state index in [0.29, 0.717) is 16.3 Å². The van der Waals surface area contributed by atoms with Crippen molar-refractivity contribution in [2.45, 2.75) is 26.1 Å². The Labute approximate surface area is 196 Å². The second-order valence-corrected chi connectivity index (χ2v) is 8.65. The summed E-state index contributed by atoms with van der Waals surface area (Å²) < 4.78 is 41.4. The summed E-state index contributed by atoms with van der Waals surface area (Å²) in [7, 11) is 0. The normalized spacial score (nSPS) is 11.6. The minimum Gasteiger partial charge on any atom is -0.298 e. The molecule has 0 bridgehead atoms. The molecule has 1 N–H and O–H groups in total. The highest BCUT2D eigenvalue weighted by molar-refractivity contribution is 7.19. The van der Waals surface area contributed by atoms with Gasteiger partial charge in [0.25, 0.3) is 11.5 Å². The number of benzene rings is 2. The Morgan fingerprint density at radius 1 is 1.00 bits per heavy atom. The van der Waals surface area contributed by atoms with E-state index in [-0.39, 0.29) is 16.7 Å². The zero-order valence-corrected chi connectivity index (χ0v) is 18.9. The van der Waals surface area contributed by atoms with Gasteiger partial charge in [0, 0.05) is 11.6 Å². The van der Waals surface area contributed by atoms with Crippen molar-refractivity contribution in [1.29, 1.82) is 0 Å². The summed E-state index contributed by atoms with van der Waals surface area (Å²) in [5, 5.41) is 7.04. The van der Waals surface area contributed by atoms with E-state index >= 15 is 0 Å². The minimum absolute atomic E-state index is 0.111. The Bertz CT molecular complexity index is 1400. The lowest BCUT2D eigenvalue weighted by Gasteiger charge is -2.11. The zero-order valence-electron chi connectivity index (χ0n) is 18.1. The van der Waals surface area contributed by atoms with Crippen LogP contribution in [0.5, 0.6) is 0 Å². The zero-order chi connectivity index (χ0) is 24.5. The van der Waals surface area contributed by atoms with Crippen molar-refractivity contribution in [3.8, 4) is 21.8 Å². The molecule has 10 heteroatoms. The Morgan fingerprint density at radius 3 is 2.35 bits per heavy atom. The van der Waals surface area contributed by atoms with Crippen LogP contribution in [-0.4, -0.2) is 20.7 Å². The van der Waals surface area contributed by atoms with Crippen LogP contribution in [0.25, 0.3) is 21.8 Å². The Kier molecular flexibility index (Phi) is 6.34. The van der Waals surface area contributed by atoms with Crippen LogP contribution in [0.2, 0.25) is 0 Å². The highest BCUT2D eigenvalue weighted by Gasteiger charge is 2.35. The molecule has 0 aliphatic carbocycles. The van der Waals surface area contributed by atoms with Gasteiger partial charge >= 0.3 is 6.18 Å². The van der Waals surface area contributed by atoms with Crippen LogP contribution < -0.4 is 10.9 Å². The van der Waals surface area contributed by atoms with Crippen molar-refractivity contribution < 1.29 is 18.0 Å². The third kappa shape index (κ3) is 4.76. The molecule has 0 radical (unpaired) electrons. The van der Waals surface area contributed by atoms with Crippen LogP contribution >= 0.6 is 11.3 Å². The molecule has 4 rings (SSSR count). The number of thiazole rings is 1. The lowest BCUT2D eigenvalue weighted by molar-refractivity contribution is -0.137. The van der Waals surface area contributed by atoms with Crippen molar-refractivity contribution >= 4 is 22.4 Å². The number of anilines is 1. The predicted molar refractivity (Wildman–Crippen MR) is 125 cm³/mol. The molecule has 6 nitrogen and oxygen atoms in total. The monoisotopic (exact) mass is 484 g/mol. The maximum absolute atomic E-state index is 13.4. The molecule has 0 fully saturated rings. The third-order valence-electron chi connectivity index (χ3n) is 4.92. The average Bonchev–Trinajstić information content (AvgIpc) is 3.23. The SMILES string of the molecule is CC(C)n1nc(-c2sc(NC(=O)c3ccccc3C(F)(F)F)nc2-c2ccccc2)ccc1=O. The standard InChI is InChI=1S/C24H19F3N4O2S/c1-14(2)31-19(32)13-12-18(30-31)21-20(15-8-4-3-5-9-15)28-23(34-21)29-22(33)16-10-6-7-11-17(16)24(25,26)27/h3-14H,1-2H3,(H,28,29,33). The second kappa shape index (κ2) is 9.22. The molecule has 0 saturated carbocycles. The van der Waals surface area contributed by atoms with Gasteiger partial charge in [-0.2, -0.15) is 18.3 Å². The van der Waals surface area contributed by atoms with Crippen molar-refractivity contribution in [3.05, 3.63) is 88.2 Å². The fraction of sp³-hybridized carbons (Fsp3) is 0.167. The van der Waals surface area contributed by atoms with Crippen molar-refractivity contribution in [3.63, 3.8) is 0 Å². The first-order chi connectivity index (χ1) is 16.1. The largest absolute Gasteiger partial charge is 0.417 e. The Balaban J connectivity index is 1.78. The first-order valence-electron chi connectivity index (χ1n) is 10.3. The number of hydrogen-bond donors (Lipinski definition) is 1. The van der Waals surface area contributed by atoms with Crippen LogP contribution in [0.1, 0.15) is 35.8 Å². The summed E-state index contributed by atoms with van der Waals surface area (Å²) >= 11 is 1.07. The molecule has 0 aliphatic rings. The number of halogens is 3. The number of carbonyl (C=O) groups is 1. The molecule has 0 atom stereocenters. The van der Waals surface area contributed by atoms with E-state index in [2.05, 4.69) is 15.4 Å². The summed E-state index contributed by atoms with van der Waals surface area (Å²) in [4.78, 5) is 30.0. The lowest BCUT2D eigenvalue weighted by atomic mass is 10.1. The number of hydrogen-bond acceptors (Lipinski definition) is 5. The molecule has 2 aromatic carbocycles. The van der Waals surface area contributed by atoms with Gasteiger partial charge in [-0.3, -0.25) is 14.9 Å². The summed E-state index contributed by atoms with van der Waals surface area (Å²) in [5.74, 6) is -0.923. The molecule has 4 aromatic rings. The Hall–Kier alpha value is -3.79. The van der Waals surface area contributed by atoms with Gasteiger partial charge in [-0.25, -0.2) is 9.67 Å².